The van der Waals surface area contributed by atoms with E-state index in [0.29, 0.717) is 17.5 Å². The minimum Gasteiger partial charge on any atom is -0.465 e. The highest BCUT2D eigenvalue weighted by Crippen LogP contribution is 2.20. The van der Waals surface area contributed by atoms with Crippen molar-refractivity contribution in [2.45, 2.75) is 33.2 Å². The summed E-state index contributed by atoms with van der Waals surface area (Å²) in [6, 6.07) is 5.07. The standard InChI is InChI=1S/C19H24N2O3/c1-12-6-8-21(9-7-12)11-16-13(2)20-17-5-4-14(19(23)24-3)10-15(17)18(16)22/h4-5,10,12H,6-9,11H2,1-3H3,(H,20,22). The van der Waals surface area contributed by atoms with Gasteiger partial charge in [-0.15, -0.1) is 0 Å². The van der Waals surface area contributed by atoms with Crippen LogP contribution in [0.1, 0.15) is 41.4 Å². The quantitative estimate of drug-likeness (QED) is 0.880. The average Bonchev–Trinajstić information content (AvgIpc) is 2.59. The molecule has 0 saturated carbocycles. The van der Waals surface area contributed by atoms with Gasteiger partial charge in [0.15, 0.2) is 5.43 Å². The average molecular weight is 328 g/mol. The number of rotatable bonds is 3. The Morgan fingerprint density at radius 1 is 1.33 bits per heavy atom. The molecule has 1 aliphatic rings. The summed E-state index contributed by atoms with van der Waals surface area (Å²) in [7, 11) is 1.34. The lowest BCUT2D eigenvalue weighted by atomic mass is 9.98. The number of aromatic nitrogens is 1. The molecule has 2 aromatic rings. The molecule has 1 fully saturated rings. The van der Waals surface area contributed by atoms with Crippen LogP contribution in [0.2, 0.25) is 0 Å². The van der Waals surface area contributed by atoms with Crippen molar-refractivity contribution >= 4 is 16.9 Å². The molecule has 1 aromatic carbocycles. The predicted octanol–water partition coefficient (Wildman–Crippen LogP) is 2.86. The van der Waals surface area contributed by atoms with Gasteiger partial charge in [-0.1, -0.05) is 6.92 Å². The van der Waals surface area contributed by atoms with Crippen LogP contribution in [0.5, 0.6) is 0 Å². The Morgan fingerprint density at radius 2 is 2.04 bits per heavy atom. The zero-order chi connectivity index (χ0) is 17.3. The molecule has 0 bridgehead atoms. The molecule has 0 atom stereocenters. The second-order valence-electron chi connectivity index (χ2n) is 6.77. The normalized spacial score (nSPS) is 16.5. The van der Waals surface area contributed by atoms with Crippen LogP contribution in [0.15, 0.2) is 23.0 Å². The van der Waals surface area contributed by atoms with Crippen LogP contribution >= 0.6 is 0 Å². The van der Waals surface area contributed by atoms with E-state index in [9.17, 15) is 9.59 Å². The molecule has 0 unspecified atom stereocenters. The summed E-state index contributed by atoms with van der Waals surface area (Å²) >= 11 is 0. The molecule has 0 amide bonds. The number of nitrogens with zero attached hydrogens (tertiary/aromatic N) is 1. The second-order valence-corrected chi connectivity index (χ2v) is 6.77. The van der Waals surface area contributed by atoms with E-state index in [1.165, 1.54) is 20.0 Å². The van der Waals surface area contributed by atoms with Crippen molar-refractivity contribution in [2.75, 3.05) is 20.2 Å². The molecule has 5 heteroatoms. The van der Waals surface area contributed by atoms with Gasteiger partial charge in [0.2, 0.25) is 0 Å². The van der Waals surface area contributed by atoms with Crippen molar-refractivity contribution in [3.8, 4) is 0 Å². The van der Waals surface area contributed by atoms with Crippen molar-refractivity contribution in [3.63, 3.8) is 0 Å². The van der Waals surface area contributed by atoms with Gasteiger partial charge in [0.05, 0.1) is 12.7 Å². The van der Waals surface area contributed by atoms with Crippen LogP contribution in [0.3, 0.4) is 0 Å². The maximum atomic E-state index is 13.0. The number of nitrogens with one attached hydrogen (secondary N) is 1. The topological polar surface area (TPSA) is 62.4 Å². The van der Waals surface area contributed by atoms with Gasteiger partial charge >= 0.3 is 5.97 Å². The van der Waals surface area contributed by atoms with Gasteiger partial charge in [0.25, 0.3) is 0 Å². The fourth-order valence-corrected chi connectivity index (χ4v) is 3.33. The van der Waals surface area contributed by atoms with E-state index in [-0.39, 0.29) is 5.43 Å². The molecule has 24 heavy (non-hydrogen) atoms. The number of ether oxygens (including phenoxy) is 1. The SMILES string of the molecule is COC(=O)c1ccc2[nH]c(C)c(CN3CCC(C)CC3)c(=O)c2c1. The van der Waals surface area contributed by atoms with Crippen LogP contribution in [-0.2, 0) is 11.3 Å². The largest absolute Gasteiger partial charge is 0.465 e. The second kappa shape index (κ2) is 6.77. The van der Waals surface area contributed by atoms with E-state index in [1.807, 2.05) is 6.92 Å². The number of aromatic amines is 1. The molecule has 1 saturated heterocycles. The number of likely N-dealkylation sites (tertiary alicyclic amines) is 1. The summed E-state index contributed by atoms with van der Waals surface area (Å²) in [4.78, 5) is 30.3. The first kappa shape index (κ1) is 16.7. The summed E-state index contributed by atoms with van der Waals surface area (Å²) in [5.41, 5.74) is 2.85. The fourth-order valence-electron chi connectivity index (χ4n) is 3.33. The maximum absolute atomic E-state index is 13.0. The Bertz CT molecular complexity index is 817. The van der Waals surface area contributed by atoms with E-state index in [4.69, 9.17) is 4.74 Å². The van der Waals surface area contributed by atoms with Crippen molar-refractivity contribution in [1.82, 2.24) is 9.88 Å². The molecule has 128 valence electrons. The number of pyridine rings is 1. The van der Waals surface area contributed by atoms with Crippen LogP contribution < -0.4 is 5.43 Å². The minimum atomic E-state index is -0.427. The van der Waals surface area contributed by atoms with Crippen LogP contribution in [0.4, 0.5) is 0 Å². The van der Waals surface area contributed by atoms with Crippen molar-refractivity contribution in [2.24, 2.45) is 5.92 Å². The molecule has 5 nitrogen and oxygen atoms in total. The summed E-state index contributed by atoms with van der Waals surface area (Å²) in [5.74, 6) is 0.336. The van der Waals surface area contributed by atoms with Crippen LogP contribution in [-0.4, -0.2) is 36.1 Å². The van der Waals surface area contributed by atoms with Crippen LogP contribution in [0.25, 0.3) is 10.9 Å². The summed E-state index contributed by atoms with van der Waals surface area (Å²) in [5, 5.41) is 0.545. The molecule has 3 rings (SSSR count). The molecule has 2 heterocycles. The number of hydrogen-bond acceptors (Lipinski definition) is 4. The smallest absolute Gasteiger partial charge is 0.337 e. The zero-order valence-electron chi connectivity index (χ0n) is 14.5. The van der Waals surface area contributed by atoms with Gasteiger partial charge < -0.3 is 9.72 Å². The van der Waals surface area contributed by atoms with E-state index in [0.717, 1.165) is 35.8 Å². The Labute approximate surface area is 141 Å². The van der Waals surface area contributed by atoms with E-state index in [2.05, 4.69) is 16.8 Å². The van der Waals surface area contributed by atoms with E-state index >= 15 is 0 Å². The van der Waals surface area contributed by atoms with Gasteiger partial charge in [-0.3, -0.25) is 9.69 Å². The number of methoxy groups -OCH3 is 1. The highest BCUT2D eigenvalue weighted by atomic mass is 16.5. The van der Waals surface area contributed by atoms with Gasteiger partial charge in [-0.25, -0.2) is 4.79 Å². The van der Waals surface area contributed by atoms with E-state index < -0.39 is 5.97 Å². The lowest BCUT2D eigenvalue weighted by Crippen LogP contribution is -2.34. The number of benzene rings is 1. The first-order valence-electron chi connectivity index (χ1n) is 8.45. The molecule has 0 radical (unpaired) electrons. The lowest BCUT2D eigenvalue weighted by Gasteiger charge is -2.30. The van der Waals surface area contributed by atoms with Crippen molar-refractivity contribution in [3.05, 3.63) is 45.2 Å². The Morgan fingerprint density at radius 3 is 2.71 bits per heavy atom. The number of hydrogen-bond donors (Lipinski definition) is 1. The predicted molar refractivity (Wildman–Crippen MR) is 94.3 cm³/mol. The third kappa shape index (κ3) is 3.22. The third-order valence-corrected chi connectivity index (χ3v) is 4.99. The highest BCUT2D eigenvalue weighted by molar-refractivity contribution is 5.94. The number of carbonyl (C=O) groups is 1. The number of fused-ring (bicyclic) bond motifs is 1. The number of piperidine rings is 1. The zero-order valence-corrected chi connectivity index (χ0v) is 14.5. The molecule has 0 spiro atoms. The van der Waals surface area contributed by atoms with Crippen molar-refractivity contribution in [1.29, 1.82) is 0 Å². The van der Waals surface area contributed by atoms with Crippen LogP contribution in [0, 0.1) is 12.8 Å². The Hall–Kier alpha value is -2.14. The molecular weight excluding hydrogens is 304 g/mol. The third-order valence-electron chi connectivity index (χ3n) is 4.99. The first-order valence-corrected chi connectivity index (χ1v) is 8.45. The summed E-state index contributed by atoms with van der Waals surface area (Å²) < 4.78 is 4.75. The fraction of sp³-hybridized carbons (Fsp3) is 0.474. The van der Waals surface area contributed by atoms with Gasteiger partial charge in [-0.2, -0.15) is 0 Å². The molecule has 1 aliphatic heterocycles. The lowest BCUT2D eigenvalue weighted by molar-refractivity contribution is 0.0601. The highest BCUT2D eigenvalue weighted by Gasteiger charge is 2.19. The Kier molecular flexibility index (Phi) is 4.71. The molecule has 1 N–H and O–H groups in total. The number of esters is 1. The number of carbonyl (C=O) groups excluding carboxylic acids is 1. The summed E-state index contributed by atoms with van der Waals surface area (Å²) in [6.07, 6.45) is 2.36. The minimum absolute atomic E-state index is 0.00521. The monoisotopic (exact) mass is 328 g/mol. The maximum Gasteiger partial charge on any atom is 0.337 e. The van der Waals surface area contributed by atoms with Gasteiger partial charge in [0, 0.05) is 28.7 Å². The molecule has 0 aliphatic carbocycles. The van der Waals surface area contributed by atoms with Crippen molar-refractivity contribution < 1.29 is 9.53 Å². The van der Waals surface area contributed by atoms with Gasteiger partial charge in [-0.05, 0) is 57.0 Å². The molecular formula is C19H24N2O3. The Balaban J connectivity index is 1.98. The van der Waals surface area contributed by atoms with Gasteiger partial charge in [0.1, 0.15) is 0 Å². The summed E-state index contributed by atoms with van der Waals surface area (Å²) in [6.45, 7) is 6.93. The van der Waals surface area contributed by atoms with E-state index in [1.54, 1.807) is 18.2 Å². The number of aryl methyl sites for hydroxylation is 1. The molecule has 1 aromatic heterocycles. The number of H-pyrrole nitrogens is 1. The first-order chi connectivity index (χ1) is 11.5.